The number of rotatable bonds is 9. The first-order valence-corrected chi connectivity index (χ1v) is 9.60. The summed E-state index contributed by atoms with van der Waals surface area (Å²) < 4.78 is 13.1. The second-order valence-electron chi connectivity index (χ2n) is 6.50. The fourth-order valence-corrected chi connectivity index (χ4v) is 2.93. The average molecular weight is 512 g/mol. The summed E-state index contributed by atoms with van der Waals surface area (Å²) in [5, 5.41) is 16.0. The van der Waals surface area contributed by atoms with E-state index in [0.29, 0.717) is 19.7 Å². The lowest BCUT2D eigenvalue weighted by Crippen LogP contribution is -2.40. The molecule has 0 aliphatic carbocycles. The third-order valence-electron chi connectivity index (χ3n) is 4.45. The standard InChI is InChI=1S/C20H28N6O2.HI/c1-4-19-25-23-14-26(19)11-9-21-20(22-10-12-27-3)24-15(2)18-13-16-7-5-6-8-17(16)28-18;/h5-8,13-15H,4,9-12H2,1-3H3,(H2,21,22,24);1H. The molecular weight excluding hydrogens is 483 g/mol. The van der Waals surface area contributed by atoms with Crippen LogP contribution in [0, 0.1) is 0 Å². The molecule has 8 nitrogen and oxygen atoms in total. The molecular formula is C20H29IN6O2. The smallest absolute Gasteiger partial charge is 0.191 e. The molecule has 0 fully saturated rings. The zero-order valence-corrected chi connectivity index (χ0v) is 19.4. The Kier molecular flexibility index (Phi) is 9.39. The lowest BCUT2D eigenvalue weighted by Gasteiger charge is -2.17. The number of furan rings is 1. The highest BCUT2D eigenvalue weighted by Gasteiger charge is 2.13. The molecule has 2 N–H and O–H groups in total. The minimum Gasteiger partial charge on any atom is -0.459 e. The van der Waals surface area contributed by atoms with Crippen molar-refractivity contribution < 1.29 is 9.15 Å². The normalized spacial score (nSPS) is 12.6. The first-order valence-electron chi connectivity index (χ1n) is 9.60. The Balaban J connectivity index is 0.00000300. The number of benzene rings is 1. The number of ether oxygens (including phenoxy) is 1. The van der Waals surface area contributed by atoms with Gasteiger partial charge in [0.25, 0.3) is 0 Å². The van der Waals surface area contributed by atoms with Crippen molar-refractivity contribution in [3.05, 3.63) is 48.2 Å². The fourth-order valence-electron chi connectivity index (χ4n) is 2.93. The number of methoxy groups -OCH3 is 1. The second-order valence-corrected chi connectivity index (χ2v) is 6.50. The van der Waals surface area contributed by atoms with E-state index < -0.39 is 0 Å². The van der Waals surface area contributed by atoms with Gasteiger partial charge in [-0.3, -0.25) is 4.99 Å². The molecule has 0 amide bonds. The van der Waals surface area contributed by atoms with Crippen LogP contribution >= 0.6 is 24.0 Å². The van der Waals surface area contributed by atoms with Crippen LogP contribution in [0.15, 0.2) is 46.1 Å². The highest BCUT2D eigenvalue weighted by molar-refractivity contribution is 14.0. The van der Waals surface area contributed by atoms with Crippen molar-refractivity contribution in [3.8, 4) is 0 Å². The molecule has 29 heavy (non-hydrogen) atoms. The zero-order valence-electron chi connectivity index (χ0n) is 17.1. The van der Waals surface area contributed by atoms with E-state index in [-0.39, 0.29) is 30.0 Å². The molecule has 1 atom stereocenters. The molecule has 9 heteroatoms. The maximum Gasteiger partial charge on any atom is 0.191 e. The van der Waals surface area contributed by atoms with E-state index in [1.54, 1.807) is 13.4 Å². The first kappa shape index (κ1) is 23.1. The van der Waals surface area contributed by atoms with Gasteiger partial charge in [-0.05, 0) is 19.1 Å². The number of nitrogens with one attached hydrogen (secondary N) is 2. The van der Waals surface area contributed by atoms with Gasteiger partial charge in [0.1, 0.15) is 23.5 Å². The summed E-state index contributed by atoms with van der Waals surface area (Å²) in [4.78, 5) is 4.58. The van der Waals surface area contributed by atoms with Gasteiger partial charge in [0.05, 0.1) is 19.2 Å². The third kappa shape index (κ3) is 6.43. The number of hydrogen-bond acceptors (Lipinski definition) is 5. The van der Waals surface area contributed by atoms with E-state index in [1.165, 1.54) is 0 Å². The molecule has 0 saturated carbocycles. The van der Waals surface area contributed by atoms with Crippen molar-refractivity contribution >= 4 is 40.9 Å². The van der Waals surface area contributed by atoms with Crippen molar-refractivity contribution in [1.82, 2.24) is 25.4 Å². The topological polar surface area (TPSA) is 89.5 Å². The third-order valence-corrected chi connectivity index (χ3v) is 4.45. The van der Waals surface area contributed by atoms with E-state index in [0.717, 1.165) is 41.5 Å². The summed E-state index contributed by atoms with van der Waals surface area (Å²) >= 11 is 0. The monoisotopic (exact) mass is 512 g/mol. The van der Waals surface area contributed by atoms with Gasteiger partial charge >= 0.3 is 0 Å². The van der Waals surface area contributed by atoms with Crippen LogP contribution in [0.1, 0.15) is 31.5 Å². The van der Waals surface area contributed by atoms with Crippen LogP contribution in [-0.2, 0) is 17.7 Å². The largest absolute Gasteiger partial charge is 0.459 e. The molecule has 158 valence electrons. The van der Waals surface area contributed by atoms with Gasteiger partial charge < -0.3 is 24.4 Å². The van der Waals surface area contributed by atoms with Crippen LogP contribution in [-0.4, -0.2) is 47.5 Å². The van der Waals surface area contributed by atoms with E-state index in [9.17, 15) is 0 Å². The zero-order chi connectivity index (χ0) is 19.8. The molecule has 0 aliphatic rings. The lowest BCUT2D eigenvalue weighted by atomic mass is 10.2. The van der Waals surface area contributed by atoms with Gasteiger partial charge in [-0.1, -0.05) is 25.1 Å². The summed E-state index contributed by atoms with van der Waals surface area (Å²) in [6.07, 6.45) is 2.61. The van der Waals surface area contributed by atoms with Crippen molar-refractivity contribution in [2.45, 2.75) is 32.9 Å². The van der Waals surface area contributed by atoms with Crippen LogP contribution in [0.3, 0.4) is 0 Å². The molecule has 3 rings (SSSR count). The number of aliphatic imine (C=N–C) groups is 1. The van der Waals surface area contributed by atoms with Crippen LogP contribution in [0.5, 0.6) is 0 Å². The number of halogens is 1. The van der Waals surface area contributed by atoms with Crippen molar-refractivity contribution in [3.63, 3.8) is 0 Å². The van der Waals surface area contributed by atoms with Gasteiger partial charge in [-0.2, -0.15) is 0 Å². The molecule has 2 heterocycles. The highest BCUT2D eigenvalue weighted by Crippen LogP contribution is 2.23. The average Bonchev–Trinajstić information content (AvgIpc) is 3.34. The molecule has 0 saturated heterocycles. The van der Waals surface area contributed by atoms with Crippen LogP contribution in [0.25, 0.3) is 11.0 Å². The minimum atomic E-state index is -0.0256. The lowest BCUT2D eigenvalue weighted by molar-refractivity contribution is 0.208. The Morgan fingerprint density at radius 2 is 2.17 bits per heavy atom. The summed E-state index contributed by atoms with van der Waals surface area (Å²) in [7, 11) is 1.67. The molecule has 0 bridgehead atoms. The number of guanidine groups is 1. The maximum absolute atomic E-state index is 5.96. The number of para-hydroxylation sites is 1. The summed E-state index contributed by atoms with van der Waals surface area (Å²) in [6.45, 7) is 6.74. The predicted octanol–water partition coefficient (Wildman–Crippen LogP) is 3.15. The van der Waals surface area contributed by atoms with E-state index in [1.807, 2.05) is 28.8 Å². The second kappa shape index (κ2) is 11.8. The molecule has 1 unspecified atom stereocenters. The van der Waals surface area contributed by atoms with Crippen LogP contribution in [0.2, 0.25) is 0 Å². The summed E-state index contributed by atoms with van der Waals surface area (Å²) in [5.74, 6) is 2.56. The van der Waals surface area contributed by atoms with E-state index >= 15 is 0 Å². The number of hydrogen-bond donors (Lipinski definition) is 2. The Labute approximate surface area is 188 Å². The molecule has 0 spiro atoms. The van der Waals surface area contributed by atoms with Crippen molar-refractivity contribution in [2.75, 3.05) is 26.8 Å². The molecule has 2 aromatic heterocycles. The van der Waals surface area contributed by atoms with Crippen molar-refractivity contribution in [1.29, 1.82) is 0 Å². The minimum absolute atomic E-state index is 0. The molecule has 1 aromatic carbocycles. The van der Waals surface area contributed by atoms with Gasteiger partial charge in [0, 0.05) is 32.0 Å². The highest BCUT2D eigenvalue weighted by atomic mass is 127. The van der Waals surface area contributed by atoms with Crippen LogP contribution < -0.4 is 10.6 Å². The van der Waals surface area contributed by atoms with Gasteiger partial charge in [0.2, 0.25) is 0 Å². The molecule has 3 aromatic rings. The summed E-state index contributed by atoms with van der Waals surface area (Å²) in [5.41, 5.74) is 0.886. The van der Waals surface area contributed by atoms with Crippen molar-refractivity contribution in [2.24, 2.45) is 4.99 Å². The SMILES string of the molecule is CCc1nncn1CCNC(=NCCOC)NC(C)c1cc2ccccc2o1.I. The van der Waals surface area contributed by atoms with Gasteiger partial charge in [-0.25, -0.2) is 0 Å². The van der Waals surface area contributed by atoms with Gasteiger partial charge in [0.15, 0.2) is 5.96 Å². The van der Waals surface area contributed by atoms with E-state index in [2.05, 4.69) is 45.7 Å². The first-order chi connectivity index (χ1) is 13.7. The number of aromatic nitrogens is 3. The quantitative estimate of drug-likeness (QED) is 0.198. The number of aryl methyl sites for hydroxylation is 1. The fraction of sp³-hybridized carbons (Fsp3) is 0.450. The maximum atomic E-state index is 5.96. The Bertz CT molecular complexity index is 874. The van der Waals surface area contributed by atoms with Gasteiger partial charge in [-0.15, -0.1) is 34.2 Å². The summed E-state index contributed by atoms with van der Waals surface area (Å²) in [6, 6.07) is 10.0. The predicted molar refractivity (Wildman–Crippen MR) is 125 cm³/mol. The molecule has 0 radical (unpaired) electrons. The Morgan fingerprint density at radius 3 is 2.93 bits per heavy atom. The van der Waals surface area contributed by atoms with E-state index in [4.69, 9.17) is 9.15 Å². The Morgan fingerprint density at radius 1 is 1.34 bits per heavy atom. The Hall–Kier alpha value is -2.14. The molecule has 0 aliphatic heterocycles. The number of nitrogens with zero attached hydrogens (tertiary/aromatic N) is 4. The number of fused-ring (bicyclic) bond motifs is 1. The van der Waals surface area contributed by atoms with Crippen LogP contribution in [0.4, 0.5) is 0 Å².